The Hall–Kier alpha value is -3.72. The Bertz CT molecular complexity index is 1220. The number of fused-ring (bicyclic) bond motifs is 1. The predicted molar refractivity (Wildman–Crippen MR) is 116 cm³/mol. The molecule has 156 valence electrons. The molecule has 0 unspecified atom stereocenters. The third-order valence-electron chi connectivity index (χ3n) is 4.32. The van der Waals surface area contributed by atoms with E-state index in [4.69, 9.17) is 0 Å². The van der Waals surface area contributed by atoms with Crippen molar-refractivity contribution in [2.24, 2.45) is 0 Å². The fraction of sp³-hybridized carbons (Fsp3) is 0.0455. The van der Waals surface area contributed by atoms with Crippen molar-refractivity contribution in [2.45, 2.75) is 5.16 Å². The molecule has 1 aromatic heterocycles. The fourth-order valence-corrected chi connectivity index (χ4v) is 3.57. The van der Waals surface area contributed by atoms with Gasteiger partial charge in [0.2, 0.25) is 5.91 Å². The Kier molecular flexibility index (Phi) is 5.94. The highest BCUT2D eigenvalue weighted by atomic mass is 32.2. The van der Waals surface area contributed by atoms with E-state index in [1.807, 2.05) is 6.07 Å². The molecule has 0 aliphatic carbocycles. The first-order valence-corrected chi connectivity index (χ1v) is 10.2. The lowest BCUT2D eigenvalue weighted by Gasteiger charge is -2.11. The number of aromatic nitrogens is 2. The van der Waals surface area contributed by atoms with Gasteiger partial charge in [-0.1, -0.05) is 42.1 Å². The zero-order valence-electron chi connectivity index (χ0n) is 16.0. The lowest BCUT2D eigenvalue weighted by Crippen LogP contribution is -2.19. The van der Waals surface area contributed by atoms with E-state index in [9.17, 15) is 18.4 Å². The molecule has 3 N–H and O–H groups in total. The van der Waals surface area contributed by atoms with Gasteiger partial charge in [-0.05, 0) is 24.3 Å². The van der Waals surface area contributed by atoms with Crippen LogP contribution in [0.5, 0.6) is 0 Å². The molecule has 0 saturated heterocycles. The van der Waals surface area contributed by atoms with Crippen LogP contribution in [0.4, 0.5) is 20.2 Å². The van der Waals surface area contributed by atoms with Gasteiger partial charge >= 0.3 is 0 Å². The highest BCUT2D eigenvalue weighted by Crippen LogP contribution is 2.23. The Morgan fingerprint density at radius 1 is 0.935 bits per heavy atom. The van der Waals surface area contributed by atoms with Crippen LogP contribution in [-0.2, 0) is 4.79 Å². The van der Waals surface area contributed by atoms with E-state index >= 15 is 0 Å². The number of H-pyrrole nitrogens is 1. The monoisotopic (exact) mass is 438 g/mol. The summed E-state index contributed by atoms with van der Waals surface area (Å²) in [6.07, 6.45) is 0. The number of halogens is 2. The highest BCUT2D eigenvalue weighted by molar-refractivity contribution is 7.99. The van der Waals surface area contributed by atoms with Gasteiger partial charge in [0.05, 0.1) is 28.0 Å². The second-order valence-electron chi connectivity index (χ2n) is 6.53. The average Bonchev–Trinajstić information content (AvgIpc) is 3.15. The average molecular weight is 438 g/mol. The maximum absolute atomic E-state index is 13.3. The minimum absolute atomic E-state index is 0.0145. The smallest absolute Gasteiger partial charge is 0.257 e. The maximum Gasteiger partial charge on any atom is 0.257 e. The van der Waals surface area contributed by atoms with E-state index in [2.05, 4.69) is 20.6 Å². The van der Waals surface area contributed by atoms with Crippen molar-refractivity contribution in [3.8, 4) is 0 Å². The summed E-state index contributed by atoms with van der Waals surface area (Å²) in [5, 5.41) is 5.85. The van der Waals surface area contributed by atoms with Crippen molar-refractivity contribution in [3.63, 3.8) is 0 Å². The molecule has 4 rings (SSSR count). The van der Waals surface area contributed by atoms with Crippen LogP contribution < -0.4 is 10.6 Å². The molecule has 3 aromatic carbocycles. The van der Waals surface area contributed by atoms with Gasteiger partial charge in [-0.15, -0.1) is 0 Å². The number of hydrogen-bond donors (Lipinski definition) is 3. The zero-order valence-corrected chi connectivity index (χ0v) is 16.8. The molecule has 9 heteroatoms. The summed E-state index contributed by atoms with van der Waals surface area (Å²) in [4.78, 5) is 32.0. The Labute approximate surface area is 180 Å². The van der Waals surface area contributed by atoms with Crippen molar-refractivity contribution >= 4 is 46.0 Å². The van der Waals surface area contributed by atoms with Gasteiger partial charge in [-0.25, -0.2) is 13.8 Å². The summed E-state index contributed by atoms with van der Waals surface area (Å²) in [5.74, 6) is -2.69. The summed E-state index contributed by atoms with van der Waals surface area (Å²) >= 11 is 1.08. The van der Waals surface area contributed by atoms with Gasteiger partial charge in [0, 0.05) is 17.8 Å². The Morgan fingerprint density at radius 3 is 2.45 bits per heavy atom. The highest BCUT2D eigenvalue weighted by Gasteiger charge is 2.15. The van der Waals surface area contributed by atoms with Crippen molar-refractivity contribution in [1.82, 2.24) is 9.97 Å². The van der Waals surface area contributed by atoms with Crippen molar-refractivity contribution in [3.05, 3.63) is 83.9 Å². The van der Waals surface area contributed by atoms with Crippen LogP contribution in [-0.4, -0.2) is 27.5 Å². The number of benzene rings is 3. The molecule has 0 bridgehead atoms. The van der Waals surface area contributed by atoms with Crippen LogP contribution in [0.1, 0.15) is 10.4 Å². The number of hydrogen-bond acceptors (Lipinski definition) is 4. The van der Waals surface area contributed by atoms with Gasteiger partial charge in [-0.3, -0.25) is 9.59 Å². The minimum Gasteiger partial charge on any atom is -0.333 e. The third-order valence-corrected chi connectivity index (χ3v) is 5.19. The fourth-order valence-electron chi connectivity index (χ4n) is 2.88. The molecule has 0 aliphatic rings. The minimum atomic E-state index is -0.987. The van der Waals surface area contributed by atoms with Gasteiger partial charge in [-0.2, -0.15) is 0 Å². The summed E-state index contributed by atoms with van der Waals surface area (Å²) in [6, 6.07) is 17.7. The molecule has 0 aliphatic heterocycles. The van der Waals surface area contributed by atoms with Crippen LogP contribution >= 0.6 is 11.8 Å². The molecule has 0 spiro atoms. The second-order valence-corrected chi connectivity index (χ2v) is 7.49. The topological polar surface area (TPSA) is 86.9 Å². The Balaban J connectivity index is 1.41. The number of nitrogens with one attached hydrogen (secondary N) is 3. The van der Waals surface area contributed by atoms with Crippen LogP contribution in [0.2, 0.25) is 0 Å². The van der Waals surface area contributed by atoms with E-state index < -0.39 is 11.6 Å². The number of nitrogens with zero attached hydrogens (tertiary/aromatic N) is 1. The summed E-state index contributed by atoms with van der Waals surface area (Å²) in [6.45, 7) is 0. The van der Waals surface area contributed by atoms with Crippen molar-refractivity contribution in [2.75, 3.05) is 16.4 Å². The standard InChI is InChI=1S/C22H16F2N4O2S/c23-15-10-18-19(11-16(15)24)28-22(27-18)31-12-20(29)26-17-9-5-4-8-14(17)21(30)25-13-6-2-1-3-7-13/h1-11H,12H2,(H,25,30)(H,26,29)(H,27,28). The molecule has 1 heterocycles. The molecule has 0 saturated carbocycles. The number of amides is 2. The first-order chi connectivity index (χ1) is 15.0. The van der Waals surface area contributed by atoms with Crippen molar-refractivity contribution in [1.29, 1.82) is 0 Å². The number of carbonyl (C=O) groups is 2. The number of imidazole rings is 1. The lowest BCUT2D eigenvalue weighted by atomic mass is 10.1. The summed E-state index contributed by atoms with van der Waals surface area (Å²) in [7, 11) is 0. The van der Waals surface area contributed by atoms with Crippen LogP contribution in [0.25, 0.3) is 11.0 Å². The predicted octanol–water partition coefficient (Wildman–Crippen LogP) is 4.82. The second kappa shape index (κ2) is 8.97. The first kappa shape index (κ1) is 20.5. The summed E-state index contributed by atoms with van der Waals surface area (Å²) in [5.41, 5.74) is 1.94. The lowest BCUT2D eigenvalue weighted by molar-refractivity contribution is -0.113. The largest absolute Gasteiger partial charge is 0.333 e. The van der Waals surface area contributed by atoms with Crippen LogP contribution in [0.15, 0.2) is 71.9 Å². The number of carbonyl (C=O) groups excluding carboxylic acids is 2. The van der Waals surface area contributed by atoms with Crippen LogP contribution in [0.3, 0.4) is 0 Å². The zero-order chi connectivity index (χ0) is 21.8. The third kappa shape index (κ3) is 4.89. The van der Waals surface area contributed by atoms with Crippen molar-refractivity contribution < 1.29 is 18.4 Å². The molecule has 0 fully saturated rings. The normalized spacial score (nSPS) is 10.8. The van der Waals surface area contributed by atoms with Gasteiger partial charge in [0.1, 0.15) is 0 Å². The quantitative estimate of drug-likeness (QED) is 0.377. The van der Waals surface area contributed by atoms with Gasteiger partial charge in [0.25, 0.3) is 5.91 Å². The molecule has 4 aromatic rings. The number of thioether (sulfide) groups is 1. The van der Waals surface area contributed by atoms with E-state index in [1.165, 1.54) is 0 Å². The molecular weight excluding hydrogens is 422 g/mol. The molecule has 6 nitrogen and oxygen atoms in total. The summed E-state index contributed by atoms with van der Waals surface area (Å²) < 4.78 is 26.7. The molecule has 2 amide bonds. The van der Waals surface area contributed by atoms with E-state index in [-0.39, 0.29) is 23.1 Å². The first-order valence-electron chi connectivity index (χ1n) is 9.22. The van der Waals surface area contributed by atoms with Gasteiger partial charge < -0.3 is 15.6 Å². The Morgan fingerprint density at radius 2 is 1.65 bits per heavy atom. The van der Waals surface area contributed by atoms with E-state index in [1.54, 1.807) is 48.5 Å². The molecule has 0 radical (unpaired) electrons. The number of aromatic amines is 1. The number of anilines is 2. The number of para-hydroxylation sites is 2. The van der Waals surface area contributed by atoms with E-state index in [0.29, 0.717) is 27.6 Å². The SMILES string of the molecule is O=C(CSc1nc2cc(F)c(F)cc2[nH]1)Nc1ccccc1C(=O)Nc1ccccc1. The number of rotatable bonds is 6. The molecule has 0 atom stereocenters. The van der Waals surface area contributed by atoms with Crippen LogP contribution in [0, 0.1) is 11.6 Å². The molecular formula is C22H16F2N4O2S. The van der Waals surface area contributed by atoms with Gasteiger partial charge in [0.15, 0.2) is 16.8 Å². The molecule has 31 heavy (non-hydrogen) atoms. The maximum atomic E-state index is 13.3. The van der Waals surface area contributed by atoms with E-state index in [0.717, 1.165) is 23.9 Å².